The molecule has 3 heterocycles. The van der Waals surface area contributed by atoms with Crippen molar-refractivity contribution in [2.45, 2.75) is 51.0 Å². The highest BCUT2D eigenvalue weighted by molar-refractivity contribution is 5.97. The molecule has 1 atom stereocenters. The van der Waals surface area contributed by atoms with Gasteiger partial charge >= 0.3 is 0 Å². The standard InChI is InChI=1S/C27H37N7O3/c1-33-22-17-30-27(32-25(22)34(13-11-24(33)35)20-7-3-4-8-20)31-21-10-9-19(14-23(21)37-2)26(36)29-16-18-6-5-12-28-15-18/h9-10,14,17-18,20,28H,3-8,11-13,15-16H2,1-2H3,(H,29,36)(H,30,31,32)/t18-/m0/s1. The molecule has 2 aliphatic heterocycles. The van der Waals surface area contributed by atoms with Crippen molar-refractivity contribution in [3.63, 3.8) is 0 Å². The lowest BCUT2D eigenvalue weighted by molar-refractivity contribution is -0.118. The average Bonchev–Trinajstić information content (AvgIpc) is 3.43. The lowest BCUT2D eigenvalue weighted by Gasteiger charge is -2.30. The molecule has 1 aliphatic carbocycles. The lowest BCUT2D eigenvalue weighted by Crippen LogP contribution is -2.38. The zero-order chi connectivity index (χ0) is 25.8. The highest BCUT2D eigenvalue weighted by Crippen LogP contribution is 2.37. The Kier molecular flexibility index (Phi) is 7.73. The molecule has 0 spiro atoms. The quantitative estimate of drug-likeness (QED) is 0.524. The molecule has 1 aromatic carbocycles. The first-order valence-electron chi connectivity index (χ1n) is 13.4. The van der Waals surface area contributed by atoms with E-state index in [2.05, 4.69) is 25.8 Å². The molecule has 1 saturated carbocycles. The van der Waals surface area contributed by atoms with E-state index in [9.17, 15) is 9.59 Å². The summed E-state index contributed by atoms with van der Waals surface area (Å²) >= 11 is 0. The van der Waals surface area contributed by atoms with E-state index < -0.39 is 0 Å². The van der Waals surface area contributed by atoms with Crippen LogP contribution in [-0.2, 0) is 4.79 Å². The van der Waals surface area contributed by atoms with Crippen LogP contribution in [0.1, 0.15) is 55.3 Å². The van der Waals surface area contributed by atoms with Crippen molar-refractivity contribution in [1.82, 2.24) is 20.6 Å². The van der Waals surface area contributed by atoms with Crippen molar-refractivity contribution in [3.8, 4) is 5.75 Å². The number of hydrogen-bond donors (Lipinski definition) is 3. The summed E-state index contributed by atoms with van der Waals surface area (Å²) in [5, 5.41) is 9.69. The molecule has 2 aromatic rings. The molecule has 1 aromatic heterocycles. The molecule has 3 aliphatic rings. The summed E-state index contributed by atoms with van der Waals surface area (Å²) < 4.78 is 5.60. The van der Waals surface area contributed by atoms with Crippen LogP contribution in [0, 0.1) is 5.92 Å². The minimum Gasteiger partial charge on any atom is -0.495 e. The Bertz CT molecular complexity index is 1130. The number of nitrogens with one attached hydrogen (secondary N) is 3. The summed E-state index contributed by atoms with van der Waals surface area (Å²) in [4.78, 5) is 38.7. The number of ether oxygens (including phenoxy) is 1. The smallest absolute Gasteiger partial charge is 0.251 e. The number of piperidine rings is 1. The first kappa shape index (κ1) is 25.3. The molecule has 1 saturated heterocycles. The fourth-order valence-corrected chi connectivity index (χ4v) is 5.56. The Balaban J connectivity index is 1.34. The van der Waals surface area contributed by atoms with Gasteiger partial charge in [0.25, 0.3) is 5.91 Å². The Morgan fingerprint density at radius 2 is 2.05 bits per heavy atom. The third-order valence-corrected chi connectivity index (χ3v) is 7.75. The Labute approximate surface area is 218 Å². The number of fused-ring (bicyclic) bond motifs is 1. The van der Waals surface area contributed by atoms with Gasteiger partial charge in [-0.3, -0.25) is 9.59 Å². The van der Waals surface area contributed by atoms with Gasteiger partial charge in [-0.15, -0.1) is 0 Å². The lowest BCUT2D eigenvalue weighted by atomic mass is 9.99. The van der Waals surface area contributed by atoms with E-state index in [0.29, 0.717) is 54.4 Å². The predicted molar refractivity (Wildman–Crippen MR) is 144 cm³/mol. The molecule has 2 fully saturated rings. The van der Waals surface area contributed by atoms with Crippen molar-refractivity contribution in [2.24, 2.45) is 5.92 Å². The van der Waals surface area contributed by atoms with Gasteiger partial charge in [-0.05, 0) is 62.9 Å². The van der Waals surface area contributed by atoms with Gasteiger partial charge in [0.1, 0.15) is 11.4 Å². The second-order valence-electron chi connectivity index (χ2n) is 10.2. The van der Waals surface area contributed by atoms with Crippen LogP contribution in [-0.4, -0.2) is 68.2 Å². The molecule has 0 radical (unpaired) electrons. The molecule has 3 N–H and O–H groups in total. The van der Waals surface area contributed by atoms with Crippen LogP contribution in [0.5, 0.6) is 5.75 Å². The van der Waals surface area contributed by atoms with Gasteiger partial charge < -0.3 is 30.5 Å². The molecule has 198 valence electrons. The average molecular weight is 508 g/mol. The van der Waals surface area contributed by atoms with E-state index in [1.165, 1.54) is 12.8 Å². The first-order valence-corrected chi connectivity index (χ1v) is 13.4. The maximum Gasteiger partial charge on any atom is 0.251 e. The van der Waals surface area contributed by atoms with Crippen LogP contribution in [0.3, 0.4) is 0 Å². The summed E-state index contributed by atoms with van der Waals surface area (Å²) in [7, 11) is 3.36. The van der Waals surface area contributed by atoms with Crippen LogP contribution in [0.15, 0.2) is 24.4 Å². The van der Waals surface area contributed by atoms with Crippen molar-refractivity contribution in [1.29, 1.82) is 0 Å². The van der Waals surface area contributed by atoms with Crippen LogP contribution in [0.2, 0.25) is 0 Å². The van der Waals surface area contributed by atoms with Crippen molar-refractivity contribution >= 4 is 35.0 Å². The molecule has 2 amide bonds. The fraction of sp³-hybridized carbons (Fsp3) is 0.556. The number of hydrogen-bond acceptors (Lipinski definition) is 8. The number of methoxy groups -OCH3 is 1. The first-order chi connectivity index (χ1) is 18.0. The molecule has 10 heteroatoms. The van der Waals surface area contributed by atoms with Gasteiger partial charge in [0.15, 0.2) is 5.82 Å². The van der Waals surface area contributed by atoms with Crippen molar-refractivity contribution < 1.29 is 14.3 Å². The Morgan fingerprint density at radius 1 is 1.22 bits per heavy atom. The number of rotatable bonds is 7. The second kappa shape index (κ2) is 11.3. The van der Waals surface area contributed by atoms with Crippen LogP contribution in [0.4, 0.5) is 23.1 Å². The van der Waals surface area contributed by atoms with Crippen molar-refractivity contribution in [2.75, 3.05) is 55.5 Å². The largest absolute Gasteiger partial charge is 0.495 e. The summed E-state index contributed by atoms with van der Waals surface area (Å²) in [5.74, 6) is 2.15. The molecule has 0 bridgehead atoms. The number of carbonyl (C=O) groups is 2. The van der Waals surface area contributed by atoms with Crippen molar-refractivity contribution in [3.05, 3.63) is 30.0 Å². The van der Waals surface area contributed by atoms with E-state index >= 15 is 0 Å². The molecule has 5 rings (SSSR count). The number of nitrogens with zero attached hydrogens (tertiary/aromatic N) is 4. The van der Waals surface area contributed by atoms with Gasteiger partial charge in [0, 0.05) is 38.2 Å². The number of anilines is 4. The minimum absolute atomic E-state index is 0.0707. The summed E-state index contributed by atoms with van der Waals surface area (Å²) in [6.07, 6.45) is 9.06. The summed E-state index contributed by atoms with van der Waals surface area (Å²) in [5.41, 5.74) is 1.94. The normalized spacial score (nSPS) is 20.4. The summed E-state index contributed by atoms with van der Waals surface area (Å²) in [6.45, 7) is 3.31. The van der Waals surface area contributed by atoms with Gasteiger partial charge in [0.2, 0.25) is 11.9 Å². The minimum atomic E-state index is -0.114. The van der Waals surface area contributed by atoms with Gasteiger partial charge in [-0.2, -0.15) is 4.98 Å². The molecular weight excluding hydrogens is 470 g/mol. The topological polar surface area (TPSA) is 112 Å². The molecule has 37 heavy (non-hydrogen) atoms. The third-order valence-electron chi connectivity index (χ3n) is 7.75. The second-order valence-corrected chi connectivity index (χ2v) is 10.2. The van der Waals surface area contributed by atoms with E-state index in [4.69, 9.17) is 9.72 Å². The van der Waals surface area contributed by atoms with Crippen LogP contribution >= 0.6 is 0 Å². The SMILES string of the molecule is COc1cc(C(=O)NC[C@H]2CCCNC2)ccc1Nc1ncc2c(n1)N(C1CCCC1)CCC(=O)N2C. The van der Waals surface area contributed by atoms with Crippen LogP contribution < -0.4 is 30.5 Å². The fourth-order valence-electron chi connectivity index (χ4n) is 5.56. The maximum atomic E-state index is 12.8. The highest BCUT2D eigenvalue weighted by atomic mass is 16.5. The van der Waals surface area contributed by atoms with Crippen LogP contribution in [0.25, 0.3) is 0 Å². The number of benzene rings is 1. The number of amides is 2. The molecular formula is C27H37N7O3. The monoisotopic (exact) mass is 507 g/mol. The molecule has 0 unspecified atom stereocenters. The Hall–Kier alpha value is -3.40. The zero-order valence-corrected chi connectivity index (χ0v) is 21.8. The van der Waals surface area contributed by atoms with Gasteiger partial charge in [0.05, 0.1) is 19.0 Å². The van der Waals surface area contributed by atoms with Gasteiger partial charge in [-0.1, -0.05) is 12.8 Å². The van der Waals surface area contributed by atoms with E-state index in [1.54, 1.807) is 37.4 Å². The maximum absolute atomic E-state index is 12.8. The predicted octanol–water partition coefficient (Wildman–Crippen LogP) is 3.07. The molecule has 10 nitrogen and oxygen atoms in total. The zero-order valence-electron chi connectivity index (χ0n) is 21.8. The van der Waals surface area contributed by atoms with E-state index in [0.717, 1.165) is 50.3 Å². The van der Waals surface area contributed by atoms with Gasteiger partial charge in [-0.25, -0.2) is 4.98 Å². The number of aromatic nitrogens is 2. The Morgan fingerprint density at radius 3 is 2.81 bits per heavy atom. The number of carbonyl (C=O) groups excluding carboxylic acids is 2. The summed E-state index contributed by atoms with van der Waals surface area (Å²) in [6, 6.07) is 5.71. The third kappa shape index (κ3) is 5.64. The van der Waals surface area contributed by atoms with E-state index in [1.807, 2.05) is 6.07 Å². The van der Waals surface area contributed by atoms with E-state index in [-0.39, 0.29) is 11.8 Å². The highest BCUT2D eigenvalue weighted by Gasteiger charge is 2.31.